The second-order valence-corrected chi connectivity index (χ2v) is 12.8. The lowest BCUT2D eigenvalue weighted by Gasteiger charge is -2.25. The number of halogens is 6. The molecule has 0 saturated heterocycles. The molecule has 1 amide bonds. The standard InChI is InChI=1S/C32H30Cl3F3N8O2/c1-15(2)24-28(37)21(34)10-18(30(24)45-13-39-12-41-45)9-17(4)26-29(38)22(35)11-19(31(26)46-14-40-43-44-46)8-16(3)25-23(42-32(47)48-5)7-6-20(33)27(25)36/h6-7,10-17H,8-9H2,1-5H3,(H,42,47). The van der Waals surface area contributed by atoms with Gasteiger partial charge in [-0.05, 0) is 76.4 Å². The maximum absolute atomic E-state index is 16.3. The van der Waals surface area contributed by atoms with E-state index in [1.165, 1.54) is 59.7 Å². The lowest BCUT2D eigenvalue weighted by atomic mass is 9.85. The highest BCUT2D eigenvalue weighted by Gasteiger charge is 2.29. The van der Waals surface area contributed by atoms with E-state index in [0.717, 1.165) is 0 Å². The highest BCUT2D eigenvalue weighted by molar-refractivity contribution is 6.31. The second-order valence-electron chi connectivity index (χ2n) is 11.6. The Balaban J connectivity index is 1.65. The van der Waals surface area contributed by atoms with E-state index in [4.69, 9.17) is 39.5 Å². The van der Waals surface area contributed by atoms with E-state index >= 15 is 13.2 Å². The van der Waals surface area contributed by atoms with Crippen molar-refractivity contribution >= 4 is 46.6 Å². The quantitative estimate of drug-likeness (QED) is 0.154. The van der Waals surface area contributed by atoms with Gasteiger partial charge in [-0.1, -0.05) is 62.5 Å². The average molecular weight is 722 g/mol. The lowest BCUT2D eigenvalue weighted by molar-refractivity contribution is 0.187. The molecule has 0 fully saturated rings. The first kappa shape index (κ1) is 35.1. The van der Waals surface area contributed by atoms with Crippen LogP contribution in [0.4, 0.5) is 23.7 Å². The van der Waals surface area contributed by atoms with Crippen LogP contribution in [0.25, 0.3) is 11.4 Å². The minimum Gasteiger partial charge on any atom is -0.453 e. The zero-order valence-electron chi connectivity index (χ0n) is 26.4. The van der Waals surface area contributed by atoms with Crippen LogP contribution in [0, 0.1) is 17.5 Å². The molecular weight excluding hydrogens is 692 g/mol. The molecule has 48 heavy (non-hydrogen) atoms. The van der Waals surface area contributed by atoms with Gasteiger partial charge in [-0.15, -0.1) is 5.10 Å². The molecule has 252 valence electrons. The Kier molecular flexibility index (Phi) is 10.6. The molecule has 0 spiro atoms. The maximum atomic E-state index is 16.3. The first-order valence-corrected chi connectivity index (χ1v) is 15.9. The van der Waals surface area contributed by atoms with Gasteiger partial charge in [0.25, 0.3) is 0 Å². The highest BCUT2D eigenvalue weighted by Crippen LogP contribution is 2.41. The summed E-state index contributed by atoms with van der Waals surface area (Å²) >= 11 is 19.1. The number of benzene rings is 3. The molecule has 0 radical (unpaired) electrons. The minimum absolute atomic E-state index is 0.0894. The number of amides is 1. The van der Waals surface area contributed by atoms with Gasteiger partial charge < -0.3 is 4.74 Å². The molecule has 0 aliphatic carbocycles. The van der Waals surface area contributed by atoms with Crippen LogP contribution in [0.2, 0.25) is 15.1 Å². The Morgan fingerprint density at radius 2 is 1.42 bits per heavy atom. The van der Waals surface area contributed by atoms with Gasteiger partial charge in [-0.2, -0.15) is 9.78 Å². The third-order valence-electron chi connectivity index (χ3n) is 8.01. The lowest BCUT2D eigenvalue weighted by Crippen LogP contribution is -2.17. The number of hydrogen-bond acceptors (Lipinski definition) is 7. The van der Waals surface area contributed by atoms with Gasteiger partial charge in [0.1, 0.15) is 36.4 Å². The van der Waals surface area contributed by atoms with Gasteiger partial charge in [0.2, 0.25) is 0 Å². The Labute approximate surface area is 289 Å². The number of tetrazole rings is 1. The summed E-state index contributed by atoms with van der Waals surface area (Å²) in [4.78, 5) is 16.1. The van der Waals surface area contributed by atoms with E-state index in [1.54, 1.807) is 13.8 Å². The summed E-state index contributed by atoms with van der Waals surface area (Å²) in [5.74, 6) is -3.58. The van der Waals surface area contributed by atoms with Gasteiger partial charge in [-0.25, -0.2) is 27.6 Å². The predicted molar refractivity (Wildman–Crippen MR) is 176 cm³/mol. The molecule has 0 aliphatic heterocycles. The Hall–Kier alpha value is -4.20. The molecule has 2 aromatic heterocycles. The summed E-state index contributed by atoms with van der Waals surface area (Å²) in [5.41, 5.74) is 2.53. The number of methoxy groups -OCH3 is 1. The van der Waals surface area contributed by atoms with Gasteiger partial charge in [0.15, 0.2) is 0 Å². The Morgan fingerprint density at radius 1 is 0.833 bits per heavy atom. The normalized spacial score (nSPS) is 12.8. The van der Waals surface area contributed by atoms with E-state index in [0.29, 0.717) is 22.4 Å². The third-order valence-corrected chi connectivity index (χ3v) is 8.85. The van der Waals surface area contributed by atoms with Gasteiger partial charge >= 0.3 is 6.09 Å². The molecule has 2 atom stereocenters. The van der Waals surface area contributed by atoms with Crippen molar-refractivity contribution in [3.63, 3.8) is 0 Å². The zero-order valence-corrected chi connectivity index (χ0v) is 28.7. The van der Waals surface area contributed by atoms with Crippen LogP contribution in [-0.4, -0.2) is 48.2 Å². The molecule has 16 heteroatoms. The first-order chi connectivity index (χ1) is 22.8. The van der Waals surface area contributed by atoms with Crippen LogP contribution in [-0.2, 0) is 17.6 Å². The highest BCUT2D eigenvalue weighted by atomic mass is 35.5. The first-order valence-electron chi connectivity index (χ1n) is 14.8. The maximum Gasteiger partial charge on any atom is 0.411 e. The van der Waals surface area contributed by atoms with Crippen molar-refractivity contribution in [1.29, 1.82) is 0 Å². The van der Waals surface area contributed by atoms with Crippen molar-refractivity contribution in [1.82, 2.24) is 35.0 Å². The van der Waals surface area contributed by atoms with E-state index < -0.39 is 35.4 Å². The minimum atomic E-state index is -0.799. The summed E-state index contributed by atoms with van der Waals surface area (Å²) in [5, 5.41) is 17.9. The number of rotatable bonds is 10. The molecule has 0 bridgehead atoms. The summed E-state index contributed by atoms with van der Waals surface area (Å²) in [7, 11) is 1.19. The van der Waals surface area contributed by atoms with Crippen molar-refractivity contribution < 1.29 is 22.7 Å². The Morgan fingerprint density at radius 3 is 1.96 bits per heavy atom. The van der Waals surface area contributed by atoms with Crippen molar-refractivity contribution in [2.75, 3.05) is 12.4 Å². The fourth-order valence-corrected chi connectivity index (χ4v) is 6.61. The van der Waals surface area contributed by atoms with Gasteiger partial charge in [0.05, 0.1) is 39.2 Å². The predicted octanol–water partition coefficient (Wildman–Crippen LogP) is 8.61. The van der Waals surface area contributed by atoms with Crippen LogP contribution in [0.15, 0.2) is 43.2 Å². The van der Waals surface area contributed by atoms with Crippen LogP contribution in [0.1, 0.15) is 73.3 Å². The fraction of sp³-hybridized carbons (Fsp3) is 0.312. The number of ether oxygens (including phenoxy) is 1. The third kappa shape index (κ3) is 6.85. The Bertz CT molecular complexity index is 1960. The van der Waals surface area contributed by atoms with Crippen molar-refractivity contribution in [2.45, 2.75) is 58.3 Å². The number of carbonyl (C=O) groups is 1. The largest absolute Gasteiger partial charge is 0.453 e. The molecule has 10 nitrogen and oxygen atoms in total. The number of aromatic nitrogens is 7. The van der Waals surface area contributed by atoms with Crippen LogP contribution in [0.3, 0.4) is 0 Å². The van der Waals surface area contributed by atoms with Crippen molar-refractivity contribution in [2.24, 2.45) is 0 Å². The summed E-state index contributed by atoms with van der Waals surface area (Å²) in [6.07, 6.45) is 3.54. The van der Waals surface area contributed by atoms with Crippen LogP contribution >= 0.6 is 34.8 Å². The number of nitrogens with one attached hydrogen (secondary N) is 1. The number of hydrogen-bond donors (Lipinski definition) is 1. The fourth-order valence-electron chi connectivity index (χ4n) is 5.98. The molecule has 5 rings (SSSR count). The zero-order chi connectivity index (χ0) is 34.9. The SMILES string of the molecule is COC(=O)Nc1ccc(Cl)c(F)c1C(C)Cc1cc(Cl)c(F)c(C(C)Cc2cc(Cl)c(F)c(C(C)C)c2-n2cncn2)c1-n1cnnn1. The molecule has 3 aromatic carbocycles. The molecule has 1 N–H and O–H groups in total. The number of carbonyl (C=O) groups excluding carboxylic acids is 1. The van der Waals surface area contributed by atoms with Gasteiger partial charge in [-0.3, -0.25) is 5.32 Å². The van der Waals surface area contributed by atoms with Crippen LogP contribution < -0.4 is 5.32 Å². The van der Waals surface area contributed by atoms with Crippen molar-refractivity contribution in [3.8, 4) is 11.4 Å². The summed E-state index contributed by atoms with van der Waals surface area (Å²) < 4.78 is 54.7. The topological polar surface area (TPSA) is 113 Å². The van der Waals surface area contributed by atoms with E-state index in [2.05, 4.69) is 30.9 Å². The molecular formula is C32H30Cl3F3N8O2. The molecule has 2 unspecified atom stereocenters. The average Bonchev–Trinajstić information content (AvgIpc) is 3.77. The molecule has 2 heterocycles. The number of nitrogens with zero attached hydrogens (tertiary/aromatic N) is 7. The van der Waals surface area contributed by atoms with E-state index in [1.807, 2.05) is 13.8 Å². The number of anilines is 1. The second kappa shape index (κ2) is 14.5. The molecule has 0 saturated carbocycles. The molecule has 0 aliphatic rings. The van der Waals surface area contributed by atoms with E-state index in [9.17, 15) is 4.79 Å². The molecule has 5 aromatic rings. The monoisotopic (exact) mass is 720 g/mol. The van der Waals surface area contributed by atoms with E-state index in [-0.39, 0.29) is 56.3 Å². The van der Waals surface area contributed by atoms with Crippen molar-refractivity contribution in [3.05, 3.63) is 104 Å². The van der Waals surface area contributed by atoms with Gasteiger partial charge in [0, 0.05) is 16.7 Å². The summed E-state index contributed by atoms with van der Waals surface area (Å²) in [6.45, 7) is 7.16. The van der Waals surface area contributed by atoms with Crippen LogP contribution in [0.5, 0.6) is 0 Å². The smallest absolute Gasteiger partial charge is 0.411 e. The summed E-state index contributed by atoms with van der Waals surface area (Å²) in [6, 6.07) is 5.71.